The quantitative estimate of drug-likeness (QED) is 0.873. The van der Waals surface area contributed by atoms with Gasteiger partial charge in [0.25, 0.3) is 5.91 Å². The number of aliphatic hydroxyl groups is 1. The molecule has 2 heterocycles. The van der Waals surface area contributed by atoms with Crippen molar-refractivity contribution in [2.24, 2.45) is 5.92 Å². The van der Waals surface area contributed by atoms with Crippen LogP contribution >= 0.6 is 11.6 Å². The highest BCUT2D eigenvalue weighted by atomic mass is 35.5. The highest BCUT2D eigenvalue weighted by molar-refractivity contribution is 6.29. The predicted molar refractivity (Wildman–Crippen MR) is 87.3 cm³/mol. The van der Waals surface area contributed by atoms with Crippen LogP contribution in [0.25, 0.3) is 5.82 Å². The van der Waals surface area contributed by atoms with Crippen molar-refractivity contribution in [1.29, 1.82) is 0 Å². The van der Waals surface area contributed by atoms with Gasteiger partial charge in [-0.2, -0.15) is 5.10 Å². The highest BCUT2D eigenvalue weighted by Crippen LogP contribution is 2.57. The summed E-state index contributed by atoms with van der Waals surface area (Å²) in [6, 6.07) is 0. The molecule has 1 saturated carbocycles. The predicted octanol–water partition coefficient (Wildman–Crippen LogP) is 1.48. The van der Waals surface area contributed by atoms with Crippen LogP contribution in [0.15, 0.2) is 12.4 Å². The van der Waals surface area contributed by atoms with E-state index in [9.17, 15) is 9.90 Å². The van der Waals surface area contributed by atoms with Crippen LogP contribution in [0.5, 0.6) is 0 Å². The van der Waals surface area contributed by atoms with Crippen LogP contribution in [0, 0.1) is 5.92 Å². The Morgan fingerprint density at radius 2 is 2.29 bits per heavy atom. The van der Waals surface area contributed by atoms with E-state index in [-0.39, 0.29) is 17.7 Å². The van der Waals surface area contributed by atoms with Gasteiger partial charge in [-0.3, -0.25) is 9.78 Å². The Bertz CT molecular complexity index is 832. The molecule has 4 rings (SSSR count). The van der Waals surface area contributed by atoms with Crippen molar-refractivity contribution >= 4 is 17.5 Å². The number of rotatable bonds is 4. The van der Waals surface area contributed by atoms with Crippen molar-refractivity contribution in [2.75, 3.05) is 6.61 Å². The van der Waals surface area contributed by atoms with E-state index in [0.29, 0.717) is 23.3 Å². The SMILES string of the molecule is CC(C)(CO)NC(=O)c1nn(-c2cncc(Cl)n2)c2c1CC1C[C@@H]21. The van der Waals surface area contributed by atoms with Gasteiger partial charge in [0.2, 0.25) is 0 Å². The zero-order valence-electron chi connectivity index (χ0n) is 13.5. The van der Waals surface area contributed by atoms with Gasteiger partial charge in [0.1, 0.15) is 5.15 Å². The van der Waals surface area contributed by atoms with Crippen LogP contribution < -0.4 is 5.32 Å². The fourth-order valence-electron chi connectivity index (χ4n) is 3.31. The molecule has 2 aliphatic rings. The maximum absolute atomic E-state index is 12.7. The van der Waals surface area contributed by atoms with E-state index in [1.165, 1.54) is 6.20 Å². The normalized spacial score (nSPS) is 21.3. The summed E-state index contributed by atoms with van der Waals surface area (Å²) in [5, 5.41) is 17.0. The van der Waals surface area contributed by atoms with Crippen molar-refractivity contribution in [3.05, 3.63) is 34.5 Å². The van der Waals surface area contributed by atoms with Crippen LogP contribution in [0.1, 0.15) is 47.9 Å². The molecule has 24 heavy (non-hydrogen) atoms. The number of hydrogen-bond donors (Lipinski definition) is 2. The molecule has 0 aromatic carbocycles. The zero-order chi connectivity index (χ0) is 17.1. The van der Waals surface area contributed by atoms with E-state index in [4.69, 9.17) is 11.6 Å². The number of nitrogens with one attached hydrogen (secondary N) is 1. The summed E-state index contributed by atoms with van der Waals surface area (Å²) < 4.78 is 1.70. The van der Waals surface area contributed by atoms with Gasteiger partial charge < -0.3 is 10.4 Å². The van der Waals surface area contributed by atoms with Gasteiger partial charge in [-0.15, -0.1) is 0 Å². The minimum absolute atomic E-state index is 0.146. The van der Waals surface area contributed by atoms with E-state index < -0.39 is 5.54 Å². The molecular weight excluding hydrogens is 330 g/mol. The molecule has 0 aliphatic heterocycles. The minimum atomic E-state index is -0.703. The molecule has 2 N–H and O–H groups in total. The van der Waals surface area contributed by atoms with Crippen LogP contribution in [0.4, 0.5) is 0 Å². The highest BCUT2D eigenvalue weighted by Gasteiger charge is 2.50. The maximum atomic E-state index is 12.7. The average molecular weight is 348 g/mol. The second-order valence-corrected chi connectivity index (χ2v) is 7.51. The van der Waals surface area contributed by atoms with E-state index in [0.717, 1.165) is 24.1 Å². The lowest BCUT2D eigenvalue weighted by Gasteiger charge is -2.23. The zero-order valence-corrected chi connectivity index (χ0v) is 14.2. The summed E-state index contributed by atoms with van der Waals surface area (Å²) in [6.07, 6.45) is 5.03. The fourth-order valence-corrected chi connectivity index (χ4v) is 3.46. The largest absolute Gasteiger partial charge is 0.394 e. The number of hydrogen-bond acceptors (Lipinski definition) is 5. The van der Waals surface area contributed by atoms with Gasteiger partial charge in [-0.1, -0.05) is 11.6 Å². The summed E-state index contributed by atoms with van der Waals surface area (Å²) in [6.45, 7) is 3.39. The number of amides is 1. The van der Waals surface area contributed by atoms with Crippen molar-refractivity contribution in [3.8, 4) is 5.82 Å². The van der Waals surface area contributed by atoms with Crippen molar-refractivity contribution < 1.29 is 9.90 Å². The Hall–Kier alpha value is -1.99. The molecule has 8 heteroatoms. The van der Waals surface area contributed by atoms with Gasteiger partial charge in [-0.05, 0) is 32.6 Å². The molecule has 7 nitrogen and oxygen atoms in total. The molecule has 1 unspecified atom stereocenters. The van der Waals surface area contributed by atoms with Gasteiger partial charge in [-0.25, -0.2) is 9.67 Å². The van der Waals surface area contributed by atoms with Crippen LogP contribution in [-0.4, -0.2) is 42.9 Å². The van der Waals surface area contributed by atoms with E-state index in [2.05, 4.69) is 20.4 Å². The summed E-state index contributed by atoms with van der Waals surface area (Å²) >= 11 is 5.95. The molecule has 0 radical (unpaired) electrons. The number of carbonyl (C=O) groups is 1. The molecule has 126 valence electrons. The molecule has 1 fully saturated rings. The first-order valence-corrected chi connectivity index (χ1v) is 8.30. The van der Waals surface area contributed by atoms with E-state index in [1.54, 1.807) is 24.7 Å². The van der Waals surface area contributed by atoms with Crippen molar-refractivity contribution in [2.45, 2.75) is 38.1 Å². The first-order valence-electron chi connectivity index (χ1n) is 7.92. The summed E-state index contributed by atoms with van der Waals surface area (Å²) in [4.78, 5) is 21.0. The third-order valence-electron chi connectivity index (χ3n) is 4.64. The number of fused-ring (bicyclic) bond motifs is 3. The third-order valence-corrected chi connectivity index (χ3v) is 4.82. The Morgan fingerprint density at radius 1 is 1.50 bits per heavy atom. The second-order valence-electron chi connectivity index (χ2n) is 7.13. The Kier molecular flexibility index (Phi) is 3.40. The number of aliphatic hydroxyl groups excluding tert-OH is 1. The molecule has 0 bridgehead atoms. The lowest BCUT2D eigenvalue weighted by molar-refractivity contribution is 0.0863. The van der Waals surface area contributed by atoms with Crippen LogP contribution in [0.2, 0.25) is 5.15 Å². The van der Waals surface area contributed by atoms with Crippen LogP contribution in [-0.2, 0) is 6.42 Å². The van der Waals surface area contributed by atoms with Gasteiger partial charge in [0.15, 0.2) is 11.5 Å². The van der Waals surface area contributed by atoms with E-state index in [1.807, 2.05) is 0 Å². The molecule has 2 aliphatic carbocycles. The number of halogens is 1. The molecular formula is C16H18ClN5O2. The average Bonchev–Trinajstić information content (AvgIpc) is 3.03. The summed E-state index contributed by atoms with van der Waals surface area (Å²) in [5.74, 6) is 1.27. The maximum Gasteiger partial charge on any atom is 0.272 e. The smallest absolute Gasteiger partial charge is 0.272 e. The van der Waals surface area contributed by atoms with Gasteiger partial charge in [0.05, 0.1) is 30.2 Å². The Labute approximate surface area is 144 Å². The number of nitrogens with zero attached hydrogens (tertiary/aromatic N) is 4. The lowest BCUT2D eigenvalue weighted by atomic mass is 10.1. The molecule has 1 amide bonds. The molecule has 0 saturated heterocycles. The fraction of sp³-hybridized carbons (Fsp3) is 0.500. The monoisotopic (exact) mass is 347 g/mol. The summed E-state index contributed by atoms with van der Waals surface area (Å²) in [7, 11) is 0. The standard InChI is InChI=1S/C16H18ClN5O2/c1-16(2,7-23)20-15(24)13-10-4-8-3-9(8)14(10)22(21-13)12-6-18-5-11(17)19-12/h5-6,8-9,23H,3-4,7H2,1-2H3,(H,20,24)/t8?,9-/m1/s1. The van der Waals surface area contributed by atoms with Gasteiger partial charge >= 0.3 is 0 Å². The van der Waals surface area contributed by atoms with Crippen molar-refractivity contribution in [1.82, 2.24) is 25.1 Å². The lowest BCUT2D eigenvalue weighted by Crippen LogP contribution is -2.46. The van der Waals surface area contributed by atoms with Gasteiger partial charge in [0, 0.05) is 11.5 Å². The summed E-state index contributed by atoms with van der Waals surface area (Å²) in [5.41, 5.74) is 1.72. The van der Waals surface area contributed by atoms with E-state index >= 15 is 0 Å². The minimum Gasteiger partial charge on any atom is -0.394 e. The third kappa shape index (κ3) is 2.48. The molecule has 2 atom stereocenters. The van der Waals surface area contributed by atoms with Crippen molar-refractivity contribution in [3.63, 3.8) is 0 Å². The number of carbonyl (C=O) groups excluding carboxylic acids is 1. The number of aromatic nitrogens is 4. The molecule has 0 spiro atoms. The molecule has 2 aromatic heterocycles. The topological polar surface area (TPSA) is 92.9 Å². The Morgan fingerprint density at radius 3 is 3.00 bits per heavy atom. The van der Waals surface area contributed by atoms with Crippen LogP contribution in [0.3, 0.4) is 0 Å². The second kappa shape index (κ2) is 5.26. The molecule has 2 aromatic rings. The first kappa shape index (κ1) is 15.5. The first-order chi connectivity index (χ1) is 11.4. The Balaban J connectivity index is 1.76.